The summed E-state index contributed by atoms with van der Waals surface area (Å²) < 4.78 is 18.8. The monoisotopic (exact) mass is 545 g/mol. The summed E-state index contributed by atoms with van der Waals surface area (Å²) >= 11 is 1.06. The quantitative estimate of drug-likeness (QED) is 0.207. The van der Waals surface area contributed by atoms with Crippen molar-refractivity contribution in [2.45, 2.75) is 0 Å². The Labute approximate surface area is 230 Å². The molecule has 0 heterocycles. The minimum atomic E-state index is 0.0815. The molecule has 0 aromatic heterocycles. The van der Waals surface area contributed by atoms with Gasteiger partial charge < -0.3 is 19.7 Å². The van der Waals surface area contributed by atoms with E-state index >= 15 is 0 Å². The van der Waals surface area contributed by atoms with Crippen molar-refractivity contribution in [3.8, 4) is 23.0 Å². The van der Waals surface area contributed by atoms with Gasteiger partial charge in [0.2, 0.25) is 0 Å². The number of aliphatic imine (C=N–C) groups is 2. The summed E-state index contributed by atoms with van der Waals surface area (Å²) in [5.74, 6) is 1.37. The summed E-state index contributed by atoms with van der Waals surface area (Å²) in [6.07, 6.45) is 3.17. The molecule has 4 aromatic carbocycles. The van der Waals surface area contributed by atoms with E-state index in [4.69, 9.17) is 23.1 Å². The van der Waals surface area contributed by atoms with Crippen LogP contribution in [0.5, 0.6) is 23.0 Å². The van der Waals surface area contributed by atoms with E-state index in [2.05, 4.69) is 0 Å². The van der Waals surface area contributed by atoms with Crippen LogP contribution < -0.4 is 9.47 Å². The molecule has 4 rings (SSSR count). The Bertz CT molecular complexity index is 1330. The summed E-state index contributed by atoms with van der Waals surface area (Å²) in [4.78, 5) is 9.57. The second-order valence-electron chi connectivity index (χ2n) is 7.80. The minimum absolute atomic E-state index is 0.0815. The van der Waals surface area contributed by atoms with E-state index < -0.39 is 0 Å². The normalized spacial score (nSPS) is 11.5. The van der Waals surface area contributed by atoms with Crippen molar-refractivity contribution in [3.05, 3.63) is 119 Å². The van der Waals surface area contributed by atoms with Gasteiger partial charge in [-0.1, -0.05) is 60.7 Å². The van der Waals surface area contributed by atoms with E-state index in [0.29, 0.717) is 34.0 Å². The standard InChI is InChI=1S/C30H26N2O4.O.V/c1-35-25-13-15-27(33)23(17-25)19-31-29(21-9-5-3-6-10-21)30(22-11-7-4-8-12-22)32-20-24-18-26(36-2)14-16-28(24)34;;/h3-20,33-34H,1-2H3;;. The molecule has 2 N–H and O–H groups in total. The van der Waals surface area contributed by atoms with Crippen LogP contribution in [0.3, 0.4) is 0 Å². The number of benzene rings is 4. The number of ether oxygens (including phenoxy) is 2. The second-order valence-corrected chi connectivity index (χ2v) is 7.80. The third-order valence-electron chi connectivity index (χ3n) is 5.45. The zero-order chi connectivity index (χ0) is 27.3. The van der Waals surface area contributed by atoms with Crippen molar-refractivity contribution in [1.29, 1.82) is 0 Å². The van der Waals surface area contributed by atoms with Crippen LogP contribution >= 0.6 is 0 Å². The van der Waals surface area contributed by atoms with E-state index in [9.17, 15) is 10.2 Å². The van der Waals surface area contributed by atoms with Crippen LogP contribution in [-0.4, -0.2) is 36.9 Å². The molecule has 8 heteroatoms. The summed E-state index contributed by atoms with van der Waals surface area (Å²) in [7, 11) is 3.14. The van der Waals surface area contributed by atoms with Crippen LogP contribution in [0.25, 0.3) is 11.4 Å². The van der Waals surface area contributed by atoms with Gasteiger partial charge in [0.05, 0.1) is 25.6 Å². The van der Waals surface area contributed by atoms with Crippen molar-refractivity contribution in [2.24, 2.45) is 9.98 Å². The molecule has 38 heavy (non-hydrogen) atoms. The van der Waals surface area contributed by atoms with Crippen molar-refractivity contribution in [1.82, 2.24) is 0 Å². The van der Waals surface area contributed by atoms with Gasteiger partial charge in [-0.05, 0) is 36.4 Å². The van der Waals surface area contributed by atoms with Crippen LogP contribution in [0, 0.1) is 0 Å². The van der Waals surface area contributed by atoms with Crippen molar-refractivity contribution in [3.63, 3.8) is 0 Å². The number of hydrogen-bond donors (Lipinski definition) is 2. The molecule has 0 radical (unpaired) electrons. The first-order valence-corrected chi connectivity index (χ1v) is 12.0. The molecule has 0 amide bonds. The predicted octanol–water partition coefficient (Wildman–Crippen LogP) is 6.06. The van der Waals surface area contributed by atoms with Gasteiger partial charge in [0.25, 0.3) is 0 Å². The molecular formula is C30H26N2O5V. The molecule has 0 fully saturated rings. The molecule has 0 spiro atoms. The fourth-order valence-corrected chi connectivity index (χ4v) is 3.53. The topological polar surface area (TPSA) is 101 Å². The van der Waals surface area contributed by atoms with Crippen LogP contribution in [0.4, 0.5) is 0 Å². The summed E-state index contributed by atoms with van der Waals surface area (Å²) in [5.41, 5.74) is 3.85. The number of phenolic OH excluding ortho intramolecular Hbond substituents is 2. The first kappa shape index (κ1) is 28.1. The molecule has 0 unspecified atom stereocenters. The predicted molar refractivity (Wildman–Crippen MR) is 145 cm³/mol. The van der Waals surface area contributed by atoms with Gasteiger partial charge in [-0.25, -0.2) is 0 Å². The van der Waals surface area contributed by atoms with Gasteiger partial charge in [-0.3, -0.25) is 9.98 Å². The van der Waals surface area contributed by atoms with Crippen molar-refractivity contribution >= 4 is 23.8 Å². The van der Waals surface area contributed by atoms with Crippen LogP contribution in [0.2, 0.25) is 0 Å². The Balaban J connectivity index is 0.00000195. The maximum absolute atomic E-state index is 10.4. The van der Waals surface area contributed by atoms with E-state index in [1.807, 2.05) is 60.7 Å². The molecule has 0 saturated heterocycles. The van der Waals surface area contributed by atoms with Crippen molar-refractivity contribution < 1.29 is 40.7 Å². The first-order chi connectivity index (χ1) is 18.6. The molecule has 0 saturated carbocycles. The molecule has 0 aliphatic heterocycles. The number of phenols is 2. The average Bonchev–Trinajstić information content (AvgIpc) is 2.98. The van der Waals surface area contributed by atoms with E-state index in [1.165, 1.54) is 0 Å². The van der Waals surface area contributed by atoms with Crippen LogP contribution in [0.1, 0.15) is 22.3 Å². The third-order valence-corrected chi connectivity index (χ3v) is 5.45. The fraction of sp³-hybridized carbons (Fsp3) is 0.0667. The van der Waals surface area contributed by atoms with Crippen LogP contribution in [0.15, 0.2) is 107 Å². The average molecular weight is 545 g/mol. The summed E-state index contributed by atoms with van der Waals surface area (Å²) in [5, 5.41) is 20.7. The van der Waals surface area contributed by atoms with Gasteiger partial charge >= 0.3 is 21.0 Å². The van der Waals surface area contributed by atoms with Gasteiger partial charge in [-0.2, -0.15) is 0 Å². The number of methoxy groups -OCH3 is 2. The molecule has 0 atom stereocenters. The molecular weight excluding hydrogens is 519 g/mol. The van der Waals surface area contributed by atoms with E-state index in [-0.39, 0.29) is 11.5 Å². The zero-order valence-electron chi connectivity index (χ0n) is 20.9. The zero-order valence-corrected chi connectivity index (χ0v) is 22.2. The Hall–Kier alpha value is -4.46. The van der Waals surface area contributed by atoms with E-state index in [1.54, 1.807) is 63.0 Å². The molecule has 0 aliphatic carbocycles. The van der Waals surface area contributed by atoms with E-state index in [0.717, 1.165) is 28.5 Å². The maximum atomic E-state index is 10.4. The number of aromatic hydroxyl groups is 2. The molecule has 0 bridgehead atoms. The molecule has 191 valence electrons. The molecule has 4 aromatic rings. The van der Waals surface area contributed by atoms with Crippen LogP contribution in [-0.2, 0) is 21.0 Å². The van der Waals surface area contributed by atoms with Gasteiger partial charge in [0.15, 0.2) is 0 Å². The third kappa shape index (κ3) is 7.29. The molecule has 0 aliphatic rings. The SMILES string of the molecule is COc1ccc(O)c(C=NC(=C(N=Cc2cc(OC)ccc2O)c2ccccc2)c2ccccc2)c1.[O]=[V]. The number of rotatable bonds is 8. The molecule has 7 nitrogen and oxygen atoms in total. The van der Waals surface area contributed by atoms with Gasteiger partial charge in [0.1, 0.15) is 23.0 Å². The second kappa shape index (κ2) is 14.3. The summed E-state index contributed by atoms with van der Waals surface area (Å²) in [6.45, 7) is 0. The Morgan fingerprint density at radius 2 is 1.00 bits per heavy atom. The van der Waals surface area contributed by atoms with Gasteiger partial charge in [0, 0.05) is 34.7 Å². The van der Waals surface area contributed by atoms with Gasteiger partial charge in [-0.15, -0.1) is 0 Å². The summed E-state index contributed by atoms with van der Waals surface area (Å²) in [6, 6.07) is 29.2. The number of nitrogens with zero attached hydrogens (tertiary/aromatic N) is 2. The number of hydrogen-bond acceptors (Lipinski definition) is 7. The first-order valence-electron chi connectivity index (χ1n) is 11.4. The fourth-order valence-electron chi connectivity index (χ4n) is 3.53. The Morgan fingerprint density at radius 3 is 1.34 bits per heavy atom. The Kier molecular flexibility index (Phi) is 10.6. The van der Waals surface area contributed by atoms with Crippen molar-refractivity contribution in [2.75, 3.05) is 14.2 Å². The Morgan fingerprint density at radius 1 is 0.632 bits per heavy atom.